The van der Waals surface area contributed by atoms with Crippen LogP contribution in [0.4, 0.5) is 0 Å². The minimum atomic E-state index is -1.59. The van der Waals surface area contributed by atoms with E-state index >= 15 is 0 Å². The highest BCUT2D eigenvalue weighted by molar-refractivity contribution is 7.67. The monoisotopic (exact) mass is 522 g/mol. The summed E-state index contributed by atoms with van der Waals surface area (Å²) >= 11 is 0. The minimum Gasteiger partial charge on any atom is -0.0683 e. The Morgan fingerprint density at radius 1 is 0.541 bits per heavy atom. The van der Waals surface area contributed by atoms with E-state index in [9.17, 15) is 0 Å². The summed E-state index contributed by atoms with van der Waals surface area (Å²) in [7, 11) is -1.79. The lowest BCUT2D eigenvalue weighted by atomic mass is 9.93. The highest BCUT2D eigenvalue weighted by Crippen LogP contribution is 2.57. The smallest absolute Gasteiger partial charge is 0.0683 e. The van der Waals surface area contributed by atoms with E-state index in [2.05, 4.69) is 92.4 Å². The van der Waals surface area contributed by atoms with Crippen molar-refractivity contribution >= 4 is 48.0 Å². The number of fused-ring (bicyclic) bond motifs is 2. The summed E-state index contributed by atoms with van der Waals surface area (Å²) in [6, 6.07) is 28.4. The lowest BCUT2D eigenvalue weighted by molar-refractivity contribution is 0.487. The molecule has 0 unspecified atom stereocenters. The van der Waals surface area contributed by atoms with Crippen LogP contribution in [0.3, 0.4) is 0 Å². The van der Waals surface area contributed by atoms with E-state index in [0.717, 1.165) is 11.3 Å². The van der Waals surface area contributed by atoms with Crippen LogP contribution in [0.2, 0.25) is 19.6 Å². The molecule has 2 saturated carbocycles. The minimum absolute atomic E-state index is 0.198. The second-order valence-corrected chi connectivity index (χ2v) is 20.4. The second kappa shape index (κ2) is 10.7. The summed E-state index contributed by atoms with van der Waals surface area (Å²) in [4.78, 5) is 0. The van der Waals surface area contributed by atoms with Crippen molar-refractivity contribution in [3.63, 3.8) is 0 Å². The molecule has 6 rings (SSSR count). The maximum absolute atomic E-state index is 2.61. The molecule has 0 spiro atoms. The van der Waals surface area contributed by atoms with Gasteiger partial charge in [0.05, 0.1) is 8.07 Å². The van der Waals surface area contributed by atoms with Crippen LogP contribution < -0.4 is 10.5 Å². The second-order valence-electron chi connectivity index (χ2n) is 12.6. The van der Waals surface area contributed by atoms with Gasteiger partial charge in [-0.1, -0.05) is 144 Å². The van der Waals surface area contributed by atoms with Gasteiger partial charge in [0, 0.05) is 0 Å². The van der Waals surface area contributed by atoms with Crippen molar-refractivity contribution in [3.05, 3.63) is 72.8 Å². The van der Waals surface area contributed by atoms with Crippen LogP contribution in [0, 0.1) is 0 Å². The molecule has 0 atom stereocenters. The number of hydrogen-bond acceptors (Lipinski definition) is 0. The summed E-state index contributed by atoms with van der Waals surface area (Å²) < 4.78 is 0. The molecule has 2 fully saturated rings. The molecular formula is C35H43PSi. The maximum Gasteiger partial charge on any atom is 0.0784 e. The van der Waals surface area contributed by atoms with E-state index in [4.69, 9.17) is 0 Å². The van der Waals surface area contributed by atoms with Gasteiger partial charge in [-0.3, -0.25) is 0 Å². The third-order valence-corrected chi connectivity index (χ3v) is 14.7. The first kappa shape index (κ1) is 25.3. The molecule has 0 N–H and O–H groups in total. The molecule has 0 radical (unpaired) electrons. The molecule has 2 aliphatic carbocycles. The Morgan fingerprint density at radius 2 is 1.03 bits per heavy atom. The molecule has 37 heavy (non-hydrogen) atoms. The molecule has 4 aromatic rings. The molecule has 0 aliphatic heterocycles. The molecule has 4 aromatic carbocycles. The Labute approximate surface area is 226 Å². The van der Waals surface area contributed by atoms with Gasteiger partial charge in [0.15, 0.2) is 0 Å². The Morgan fingerprint density at radius 3 is 1.57 bits per heavy atom. The molecule has 0 saturated heterocycles. The first-order chi connectivity index (χ1) is 18.0. The van der Waals surface area contributed by atoms with Crippen molar-refractivity contribution in [1.29, 1.82) is 0 Å². The van der Waals surface area contributed by atoms with Crippen molar-refractivity contribution in [2.24, 2.45) is 0 Å². The van der Waals surface area contributed by atoms with E-state index in [0.29, 0.717) is 0 Å². The number of hydrogen-bond donors (Lipinski definition) is 0. The molecule has 0 heterocycles. The predicted molar refractivity (Wildman–Crippen MR) is 170 cm³/mol. The zero-order valence-electron chi connectivity index (χ0n) is 23.1. The fourth-order valence-electron chi connectivity index (χ4n) is 7.31. The van der Waals surface area contributed by atoms with Crippen molar-refractivity contribution in [1.82, 2.24) is 0 Å². The van der Waals surface area contributed by atoms with Gasteiger partial charge in [-0.2, -0.15) is 0 Å². The normalized spacial score (nSPS) is 18.2. The van der Waals surface area contributed by atoms with Gasteiger partial charge in [0.25, 0.3) is 0 Å². The molecule has 0 nitrogen and oxygen atoms in total. The van der Waals surface area contributed by atoms with Crippen LogP contribution in [0.25, 0.3) is 32.7 Å². The average molecular weight is 523 g/mol. The summed E-state index contributed by atoms with van der Waals surface area (Å²) in [5, 5.41) is 9.10. The predicted octanol–water partition coefficient (Wildman–Crippen LogP) is 9.98. The summed E-state index contributed by atoms with van der Waals surface area (Å²) in [5.74, 6) is 0. The van der Waals surface area contributed by atoms with Gasteiger partial charge in [-0.05, 0) is 75.0 Å². The SMILES string of the molecule is C[Si](C)(C)c1ccc2ccccc2c1-c1c(P(C2CCCCC2)C2CCCCC2)ccc2ccccc12. The van der Waals surface area contributed by atoms with Crippen LogP contribution in [-0.2, 0) is 0 Å². The number of benzene rings is 4. The van der Waals surface area contributed by atoms with Crippen LogP contribution in [0.1, 0.15) is 64.2 Å². The number of rotatable bonds is 5. The van der Waals surface area contributed by atoms with Gasteiger partial charge in [-0.15, -0.1) is 0 Å². The van der Waals surface area contributed by atoms with Gasteiger partial charge in [0.2, 0.25) is 0 Å². The van der Waals surface area contributed by atoms with E-state index in [-0.39, 0.29) is 7.92 Å². The fraction of sp³-hybridized carbons (Fsp3) is 0.429. The van der Waals surface area contributed by atoms with E-state index in [1.165, 1.54) is 85.8 Å². The van der Waals surface area contributed by atoms with Crippen LogP contribution >= 0.6 is 7.92 Å². The van der Waals surface area contributed by atoms with Crippen LogP contribution in [0.15, 0.2) is 72.8 Å². The summed E-state index contributed by atoms with van der Waals surface area (Å²) in [6.07, 6.45) is 14.4. The maximum atomic E-state index is 2.61. The van der Waals surface area contributed by atoms with Crippen molar-refractivity contribution in [2.45, 2.75) is 95.2 Å². The third kappa shape index (κ3) is 4.95. The average Bonchev–Trinajstić information content (AvgIpc) is 2.93. The topological polar surface area (TPSA) is 0 Å². The van der Waals surface area contributed by atoms with Crippen LogP contribution in [-0.4, -0.2) is 19.4 Å². The highest BCUT2D eigenvalue weighted by Gasteiger charge is 2.35. The van der Waals surface area contributed by atoms with Gasteiger partial charge < -0.3 is 0 Å². The fourth-order valence-corrected chi connectivity index (χ4v) is 12.9. The third-order valence-electron chi connectivity index (χ3n) is 9.11. The molecule has 192 valence electrons. The van der Waals surface area contributed by atoms with Crippen LogP contribution in [0.5, 0.6) is 0 Å². The largest absolute Gasteiger partial charge is 0.0784 e. The van der Waals surface area contributed by atoms with E-state index in [1.807, 2.05) is 0 Å². The zero-order valence-corrected chi connectivity index (χ0v) is 25.0. The van der Waals surface area contributed by atoms with Gasteiger partial charge in [0.1, 0.15) is 0 Å². The van der Waals surface area contributed by atoms with E-state index in [1.54, 1.807) is 21.6 Å². The lowest BCUT2D eigenvalue weighted by Gasteiger charge is -2.40. The molecule has 0 aromatic heterocycles. The first-order valence-corrected chi connectivity index (χ1v) is 19.8. The Balaban J connectivity index is 1.69. The Kier molecular flexibility index (Phi) is 7.30. The zero-order chi connectivity index (χ0) is 25.4. The molecular weight excluding hydrogens is 479 g/mol. The van der Waals surface area contributed by atoms with Crippen molar-refractivity contribution < 1.29 is 0 Å². The summed E-state index contributed by atoms with van der Waals surface area (Å²) in [5.41, 5.74) is 4.98. The Hall–Kier alpha value is -1.95. The lowest BCUT2D eigenvalue weighted by Crippen LogP contribution is -2.39. The quantitative estimate of drug-likeness (QED) is 0.181. The molecule has 0 bridgehead atoms. The molecule has 2 aliphatic rings. The first-order valence-electron chi connectivity index (χ1n) is 14.8. The summed E-state index contributed by atoms with van der Waals surface area (Å²) in [6.45, 7) is 7.61. The van der Waals surface area contributed by atoms with Crippen molar-refractivity contribution in [3.8, 4) is 11.1 Å². The highest BCUT2D eigenvalue weighted by atomic mass is 31.1. The van der Waals surface area contributed by atoms with E-state index < -0.39 is 8.07 Å². The standard InChI is InChI=1S/C35H43PSi/c1-37(2,3)33-25-23-27-15-11-13-21-31(27)35(33)34-30-20-12-10-14-26(30)22-24-32(34)36(28-16-6-4-7-17-28)29-18-8-5-9-19-29/h10-15,20-25,28-29H,4-9,16-19H2,1-3H3. The molecule has 2 heteroatoms. The Bertz CT molecular complexity index is 1370. The molecule has 0 amide bonds. The van der Waals surface area contributed by atoms with Gasteiger partial charge >= 0.3 is 0 Å². The van der Waals surface area contributed by atoms with Gasteiger partial charge in [-0.25, -0.2) is 0 Å². The van der Waals surface area contributed by atoms with Crippen molar-refractivity contribution in [2.75, 3.05) is 0 Å².